The van der Waals surface area contributed by atoms with Crippen molar-refractivity contribution < 1.29 is 9.18 Å². The van der Waals surface area contributed by atoms with Gasteiger partial charge in [-0.2, -0.15) is 5.10 Å². The molecule has 1 aromatic carbocycles. The number of benzene rings is 1. The summed E-state index contributed by atoms with van der Waals surface area (Å²) in [6.45, 7) is 0. The summed E-state index contributed by atoms with van der Waals surface area (Å²) >= 11 is 7.11. The summed E-state index contributed by atoms with van der Waals surface area (Å²) in [5.41, 5.74) is 1.05. The highest BCUT2D eigenvalue weighted by Gasteiger charge is 2.14. The van der Waals surface area contributed by atoms with Crippen molar-refractivity contribution in [3.63, 3.8) is 0 Å². The molecule has 3 aromatic rings. The quantitative estimate of drug-likeness (QED) is 0.795. The van der Waals surface area contributed by atoms with Gasteiger partial charge in [0, 0.05) is 29.2 Å². The number of thiazole rings is 1. The summed E-state index contributed by atoms with van der Waals surface area (Å²) in [5.74, 6) is -1.05. The number of nitrogens with one attached hydrogen (secondary N) is 1. The van der Waals surface area contributed by atoms with Crippen LogP contribution in [0.2, 0.25) is 5.02 Å². The zero-order valence-corrected chi connectivity index (χ0v) is 13.0. The zero-order valence-electron chi connectivity index (χ0n) is 11.4. The number of halogens is 2. The average Bonchev–Trinajstić information content (AvgIpc) is 3.11. The molecule has 1 N–H and O–H groups in total. The number of amides is 1. The minimum atomic E-state index is -0.555. The highest BCUT2D eigenvalue weighted by molar-refractivity contribution is 7.13. The maximum atomic E-state index is 13.6. The Morgan fingerprint density at radius 1 is 1.45 bits per heavy atom. The number of aromatic nitrogens is 3. The largest absolute Gasteiger partial charge is 0.318 e. The average molecular weight is 337 g/mol. The normalized spacial score (nSPS) is 10.7. The minimum absolute atomic E-state index is 0.0217. The zero-order chi connectivity index (χ0) is 15.7. The Bertz CT molecular complexity index is 845. The standard InChI is InChI=1S/C14H10ClFN4OS/c1-20-6-8(5-17-20)14-19-12(7-22-14)13(21)18-11-4-9(15)2-3-10(11)16/h2-7H,1H3,(H,18,21). The molecule has 1 amide bonds. The molecule has 0 aliphatic carbocycles. The molecule has 8 heteroatoms. The van der Waals surface area contributed by atoms with Crippen LogP contribution in [0.15, 0.2) is 36.0 Å². The molecule has 22 heavy (non-hydrogen) atoms. The molecule has 2 aromatic heterocycles. The molecule has 0 spiro atoms. The van der Waals surface area contributed by atoms with Crippen LogP contribution in [0.4, 0.5) is 10.1 Å². The molecule has 5 nitrogen and oxygen atoms in total. The third-order valence-electron chi connectivity index (χ3n) is 2.87. The number of anilines is 1. The number of aryl methyl sites for hydroxylation is 1. The van der Waals surface area contributed by atoms with Crippen LogP contribution in [0.5, 0.6) is 0 Å². The smallest absolute Gasteiger partial charge is 0.275 e. The number of carbonyl (C=O) groups is 1. The van der Waals surface area contributed by atoms with Crippen LogP contribution in [0.1, 0.15) is 10.5 Å². The lowest BCUT2D eigenvalue weighted by molar-refractivity contribution is 0.102. The summed E-state index contributed by atoms with van der Waals surface area (Å²) in [7, 11) is 1.80. The third-order valence-corrected chi connectivity index (χ3v) is 3.99. The predicted octanol–water partition coefficient (Wildman–Crippen LogP) is 3.59. The molecule has 0 saturated heterocycles. The summed E-state index contributed by atoms with van der Waals surface area (Å²) < 4.78 is 15.3. The van der Waals surface area contributed by atoms with E-state index in [0.717, 1.165) is 5.56 Å². The van der Waals surface area contributed by atoms with Gasteiger partial charge >= 0.3 is 0 Å². The number of nitrogens with zero attached hydrogens (tertiary/aromatic N) is 3. The van der Waals surface area contributed by atoms with Gasteiger partial charge in [0.05, 0.1) is 11.9 Å². The van der Waals surface area contributed by atoms with Gasteiger partial charge in [-0.1, -0.05) is 11.6 Å². The van der Waals surface area contributed by atoms with Gasteiger partial charge in [-0.05, 0) is 18.2 Å². The van der Waals surface area contributed by atoms with Crippen molar-refractivity contribution in [2.75, 3.05) is 5.32 Å². The fourth-order valence-corrected chi connectivity index (χ4v) is 2.77. The molecular weight excluding hydrogens is 327 g/mol. The van der Waals surface area contributed by atoms with Crippen molar-refractivity contribution in [3.05, 3.63) is 52.5 Å². The SMILES string of the molecule is Cn1cc(-c2nc(C(=O)Nc3cc(Cl)ccc3F)cs2)cn1. The van der Waals surface area contributed by atoms with Crippen molar-refractivity contribution >= 4 is 34.5 Å². The minimum Gasteiger partial charge on any atom is -0.318 e. The van der Waals surface area contributed by atoms with Gasteiger partial charge in [0.25, 0.3) is 5.91 Å². The Hall–Kier alpha value is -2.25. The molecule has 112 valence electrons. The highest BCUT2D eigenvalue weighted by atomic mass is 35.5. The predicted molar refractivity (Wildman–Crippen MR) is 83.7 cm³/mol. The molecule has 0 atom stereocenters. The molecule has 0 radical (unpaired) electrons. The van der Waals surface area contributed by atoms with E-state index in [1.807, 2.05) is 0 Å². The first-order valence-electron chi connectivity index (χ1n) is 6.24. The summed E-state index contributed by atoms with van der Waals surface area (Å²) in [6.07, 6.45) is 3.47. The van der Waals surface area contributed by atoms with Gasteiger partial charge in [-0.3, -0.25) is 9.48 Å². The second-order valence-electron chi connectivity index (χ2n) is 4.52. The second kappa shape index (κ2) is 5.86. The first-order chi connectivity index (χ1) is 10.5. The Kier molecular flexibility index (Phi) is 3.91. The Morgan fingerprint density at radius 2 is 2.27 bits per heavy atom. The number of carbonyl (C=O) groups excluding carboxylic acids is 1. The molecule has 0 aliphatic heterocycles. The van der Waals surface area contributed by atoms with Gasteiger partial charge in [0.1, 0.15) is 16.5 Å². The lowest BCUT2D eigenvalue weighted by Crippen LogP contribution is -2.13. The van der Waals surface area contributed by atoms with Crippen LogP contribution >= 0.6 is 22.9 Å². The van der Waals surface area contributed by atoms with Gasteiger partial charge in [-0.15, -0.1) is 11.3 Å². The first-order valence-corrected chi connectivity index (χ1v) is 7.49. The maximum Gasteiger partial charge on any atom is 0.275 e. The maximum absolute atomic E-state index is 13.6. The molecule has 0 aliphatic rings. The molecule has 0 saturated carbocycles. The van der Waals surface area contributed by atoms with E-state index < -0.39 is 11.7 Å². The molecular formula is C14H10ClFN4OS. The fourth-order valence-electron chi connectivity index (χ4n) is 1.82. The van der Waals surface area contributed by atoms with Crippen LogP contribution in [0, 0.1) is 5.82 Å². The number of rotatable bonds is 3. The Morgan fingerprint density at radius 3 is 3.00 bits per heavy atom. The van der Waals surface area contributed by atoms with Crippen LogP contribution in [-0.4, -0.2) is 20.7 Å². The topological polar surface area (TPSA) is 59.8 Å². The summed E-state index contributed by atoms with van der Waals surface area (Å²) in [6, 6.07) is 3.96. The summed E-state index contributed by atoms with van der Waals surface area (Å²) in [5, 5.41) is 9.14. The van der Waals surface area contributed by atoms with E-state index in [1.165, 1.54) is 29.5 Å². The number of hydrogen-bond donors (Lipinski definition) is 1. The van der Waals surface area contributed by atoms with Gasteiger partial charge in [-0.25, -0.2) is 9.37 Å². The Labute approximate surface area is 134 Å². The van der Waals surface area contributed by atoms with Crippen molar-refractivity contribution in [3.8, 4) is 10.6 Å². The molecule has 0 bridgehead atoms. The first kappa shape index (κ1) is 14.7. The Balaban J connectivity index is 1.81. The van der Waals surface area contributed by atoms with Crippen molar-refractivity contribution in [2.24, 2.45) is 7.05 Å². The van der Waals surface area contributed by atoms with Crippen LogP contribution in [-0.2, 0) is 7.05 Å². The van der Waals surface area contributed by atoms with Gasteiger partial charge in [0.2, 0.25) is 0 Å². The second-order valence-corrected chi connectivity index (χ2v) is 5.81. The van der Waals surface area contributed by atoms with Crippen LogP contribution in [0.25, 0.3) is 10.6 Å². The lowest BCUT2D eigenvalue weighted by Gasteiger charge is -2.04. The summed E-state index contributed by atoms with van der Waals surface area (Å²) in [4.78, 5) is 16.4. The van der Waals surface area contributed by atoms with E-state index in [1.54, 1.807) is 29.5 Å². The van der Waals surface area contributed by atoms with E-state index in [0.29, 0.717) is 10.0 Å². The van der Waals surface area contributed by atoms with Crippen molar-refractivity contribution in [1.82, 2.24) is 14.8 Å². The molecule has 3 rings (SSSR count). The van der Waals surface area contributed by atoms with Crippen LogP contribution < -0.4 is 5.32 Å². The van der Waals surface area contributed by atoms with Gasteiger partial charge in [0.15, 0.2) is 0 Å². The van der Waals surface area contributed by atoms with Crippen LogP contribution in [0.3, 0.4) is 0 Å². The van der Waals surface area contributed by atoms with E-state index in [9.17, 15) is 9.18 Å². The van der Waals surface area contributed by atoms with Crippen molar-refractivity contribution in [1.29, 1.82) is 0 Å². The van der Waals surface area contributed by atoms with Gasteiger partial charge < -0.3 is 5.32 Å². The molecule has 2 heterocycles. The molecule has 0 unspecified atom stereocenters. The van der Waals surface area contributed by atoms with E-state index >= 15 is 0 Å². The van der Waals surface area contributed by atoms with E-state index in [4.69, 9.17) is 11.6 Å². The monoisotopic (exact) mass is 336 g/mol. The highest BCUT2D eigenvalue weighted by Crippen LogP contribution is 2.24. The van der Waals surface area contributed by atoms with E-state index in [-0.39, 0.29) is 11.4 Å². The fraction of sp³-hybridized carbons (Fsp3) is 0.0714. The van der Waals surface area contributed by atoms with E-state index in [2.05, 4.69) is 15.4 Å². The number of hydrogen-bond acceptors (Lipinski definition) is 4. The van der Waals surface area contributed by atoms with Crippen molar-refractivity contribution in [2.45, 2.75) is 0 Å². The lowest BCUT2D eigenvalue weighted by atomic mass is 10.3. The molecule has 0 fully saturated rings. The third kappa shape index (κ3) is 3.00.